The van der Waals surface area contributed by atoms with Gasteiger partial charge in [-0.05, 0) is 50.6 Å². The summed E-state index contributed by atoms with van der Waals surface area (Å²) >= 11 is 0. The summed E-state index contributed by atoms with van der Waals surface area (Å²) in [7, 11) is 3.50. The summed E-state index contributed by atoms with van der Waals surface area (Å²) < 4.78 is 7.35. The minimum absolute atomic E-state index is 0.291. The number of benzene rings is 1. The van der Waals surface area contributed by atoms with Crippen molar-refractivity contribution in [3.63, 3.8) is 0 Å². The monoisotopic (exact) mass is 399 g/mol. The van der Waals surface area contributed by atoms with Crippen LogP contribution in [-0.4, -0.2) is 59.4 Å². The molecule has 3 rings (SSSR count). The first-order chi connectivity index (χ1) is 14.2. The number of aryl methyl sites for hydroxylation is 1. The molecular formula is C21H33N7O. The van der Waals surface area contributed by atoms with Gasteiger partial charge in [-0.15, -0.1) is 10.2 Å². The lowest BCUT2D eigenvalue weighted by atomic mass is 10.0. The van der Waals surface area contributed by atoms with Crippen molar-refractivity contribution in [3.05, 3.63) is 42.0 Å². The van der Waals surface area contributed by atoms with Gasteiger partial charge < -0.3 is 19.9 Å². The first-order valence-electron chi connectivity index (χ1n) is 10.4. The van der Waals surface area contributed by atoms with Crippen LogP contribution in [0.5, 0.6) is 5.75 Å². The van der Waals surface area contributed by atoms with E-state index < -0.39 is 0 Å². The van der Waals surface area contributed by atoms with E-state index in [-0.39, 0.29) is 0 Å². The van der Waals surface area contributed by atoms with Crippen molar-refractivity contribution in [1.29, 1.82) is 0 Å². The highest BCUT2D eigenvalue weighted by Crippen LogP contribution is 2.25. The zero-order valence-electron chi connectivity index (χ0n) is 17.8. The average Bonchev–Trinajstić information content (AvgIpc) is 3.24. The van der Waals surface area contributed by atoms with Crippen LogP contribution in [0.3, 0.4) is 0 Å². The normalized spacial score (nSPS) is 16.4. The molecule has 1 saturated heterocycles. The Morgan fingerprint density at radius 3 is 2.59 bits per heavy atom. The number of ether oxygens (including phenoxy) is 1. The third-order valence-corrected chi connectivity index (χ3v) is 5.47. The number of aromatic nitrogens is 3. The van der Waals surface area contributed by atoms with E-state index in [0.29, 0.717) is 12.6 Å². The molecule has 0 aliphatic carbocycles. The molecule has 158 valence electrons. The van der Waals surface area contributed by atoms with E-state index in [1.165, 1.54) is 24.8 Å². The Balaban J connectivity index is 1.64. The van der Waals surface area contributed by atoms with Crippen molar-refractivity contribution < 1.29 is 4.74 Å². The Labute approximate surface area is 173 Å². The second-order valence-electron chi connectivity index (χ2n) is 7.23. The second-order valence-corrected chi connectivity index (χ2v) is 7.23. The summed E-state index contributed by atoms with van der Waals surface area (Å²) in [4.78, 5) is 6.95. The number of nitrogens with zero attached hydrogens (tertiary/aromatic N) is 5. The number of guanidine groups is 1. The van der Waals surface area contributed by atoms with Crippen molar-refractivity contribution >= 4 is 5.96 Å². The molecule has 2 N–H and O–H groups in total. The van der Waals surface area contributed by atoms with Crippen molar-refractivity contribution in [2.24, 2.45) is 4.99 Å². The summed E-state index contributed by atoms with van der Waals surface area (Å²) in [5.74, 6) is 2.56. The molecule has 0 radical (unpaired) electrons. The fraction of sp³-hybridized carbons (Fsp3) is 0.571. The largest absolute Gasteiger partial charge is 0.497 e. The number of rotatable bonds is 8. The van der Waals surface area contributed by atoms with Crippen LogP contribution in [0.25, 0.3) is 0 Å². The first kappa shape index (κ1) is 21.1. The summed E-state index contributed by atoms with van der Waals surface area (Å²) in [6.07, 6.45) is 5.59. The van der Waals surface area contributed by atoms with Crippen LogP contribution in [-0.2, 0) is 13.1 Å². The molecule has 0 amide bonds. The number of nitrogens with one attached hydrogen (secondary N) is 2. The number of hydrogen-bond acceptors (Lipinski definition) is 5. The molecule has 1 unspecified atom stereocenters. The lowest BCUT2D eigenvalue weighted by Crippen LogP contribution is -2.44. The van der Waals surface area contributed by atoms with Gasteiger partial charge in [-0.25, -0.2) is 0 Å². The van der Waals surface area contributed by atoms with Crippen LogP contribution >= 0.6 is 0 Å². The molecule has 0 bridgehead atoms. The van der Waals surface area contributed by atoms with Gasteiger partial charge in [0.15, 0.2) is 11.8 Å². The van der Waals surface area contributed by atoms with Crippen LogP contribution in [0, 0.1) is 0 Å². The maximum absolute atomic E-state index is 5.32. The second kappa shape index (κ2) is 10.8. The smallest absolute Gasteiger partial charge is 0.191 e. The van der Waals surface area contributed by atoms with Gasteiger partial charge in [-0.1, -0.05) is 18.6 Å². The van der Waals surface area contributed by atoms with Crippen LogP contribution < -0.4 is 15.4 Å². The Bertz CT molecular complexity index is 766. The van der Waals surface area contributed by atoms with Gasteiger partial charge in [-0.3, -0.25) is 9.89 Å². The lowest BCUT2D eigenvalue weighted by Gasteiger charge is -2.35. The van der Waals surface area contributed by atoms with Crippen LogP contribution in [0.2, 0.25) is 0 Å². The van der Waals surface area contributed by atoms with E-state index in [0.717, 1.165) is 43.7 Å². The number of aliphatic imine (C=N–C) groups is 1. The molecular weight excluding hydrogens is 366 g/mol. The molecule has 8 nitrogen and oxygen atoms in total. The third kappa shape index (κ3) is 5.69. The van der Waals surface area contributed by atoms with Gasteiger partial charge in [0.25, 0.3) is 0 Å². The van der Waals surface area contributed by atoms with E-state index in [9.17, 15) is 0 Å². The quantitative estimate of drug-likeness (QED) is 0.523. The zero-order chi connectivity index (χ0) is 20.5. The predicted octanol–water partition coefficient (Wildman–Crippen LogP) is 2.20. The van der Waals surface area contributed by atoms with Gasteiger partial charge in [-0.2, -0.15) is 0 Å². The number of likely N-dealkylation sites (tertiary alicyclic amines) is 1. The summed E-state index contributed by atoms with van der Waals surface area (Å²) in [6, 6.07) is 8.70. The molecule has 0 saturated carbocycles. The van der Waals surface area contributed by atoms with E-state index >= 15 is 0 Å². The van der Waals surface area contributed by atoms with Crippen LogP contribution in [0.15, 0.2) is 35.6 Å². The molecule has 1 aromatic heterocycles. The van der Waals surface area contributed by atoms with Gasteiger partial charge >= 0.3 is 0 Å². The minimum Gasteiger partial charge on any atom is -0.497 e. The SMILES string of the molecule is CCn1cnnc1CNC(=NC)NCC(c1ccc(OC)cc1)N1CCCCC1. The van der Waals surface area contributed by atoms with Gasteiger partial charge in [0.2, 0.25) is 0 Å². The number of piperidine rings is 1. The zero-order valence-corrected chi connectivity index (χ0v) is 17.8. The van der Waals surface area contributed by atoms with E-state index in [1.54, 1.807) is 20.5 Å². The third-order valence-electron chi connectivity index (χ3n) is 5.47. The molecule has 1 atom stereocenters. The topological polar surface area (TPSA) is 79.6 Å². The van der Waals surface area contributed by atoms with Crippen LogP contribution in [0.1, 0.15) is 43.6 Å². The fourth-order valence-corrected chi connectivity index (χ4v) is 3.77. The van der Waals surface area contributed by atoms with Gasteiger partial charge in [0, 0.05) is 20.1 Å². The highest BCUT2D eigenvalue weighted by molar-refractivity contribution is 5.79. The van der Waals surface area contributed by atoms with E-state index in [2.05, 4.69) is 49.8 Å². The molecule has 1 aliphatic rings. The van der Waals surface area contributed by atoms with Gasteiger partial charge in [0.1, 0.15) is 12.1 Å². The lowest BCUT2D eigenvalue weighted by molar-refractivity contribution is 0.164. The van der Waals surface area contributed by atoms with E-state index in [1.807, 2.05) is 16.7 Å². The van der Waals surface area contributed by atoms with Gasteiger partial charge in [0.05, 0.1) is 19.7 Å². The van der Waals surface area contributed by atoms with Crippen molar-refractivity contribution in [3.8, 4) is 5.75 Å². The molecule has 0 spiro atoms. The average molecular weight is 400 g/mol. The molecule has 29 heavy (non-hydrogen) atoms. The van der Waals surface area contributed by atoms with E-state index in [4.69, 9.17) is 4.74 Å². The summed E-state index contributed by atoms with van der Waals surface area (Å²) in [6.45, 7) is 6.56. The first-order valence-corrected chi connectivity index (χ1v) is 10.4. The minimum atomic E-state index is 0.291. The molecule has 1 aromatic carbocycles. The molecule has 8 heteroatoms. The molecule has 2 heterocycles. The highest BCUT2D eigenvalue weighted by atomic mass is 16.5. The number of hydrogen-bond donors (Lipinski definition) is 2. The highest BCUT2D eigenvalue weighted by Gasteiger charge is 2.22. The molecule has 1 fully saturated rings. The predicted molar refractivity (Wildman–Crippen MR) is 115 cm³/mol. The molecule has 1 aliphatic heterocycles. The Morgan fingerprint density at radius 1 is 1.17 bits per heavy atom. The van der Waals surface area contributed by atoms with Crippen molar-refractivity contribution in [2.75, 3.05) is 33.8 Å². The maximum Gasteiger partial charge on any atom is 0.191 e. The fourth-order valence-electron chi connectivity index (χ4n) is 3.77. The van der Waals surface area contributed by atoms with Crippen molar-refractivity contribution in [2.45, 2.75) is 45.3 Å². The Hall–Kier alpha value is -2.61. The Morgan fingerprint density at radius 2 is 1.93 bits per heavy atom. The van der Waals surface area contributed by atoms with Crippen LogP contribution in [0.4, 0.5) is 0 Å². The maximum atomic E-state index is 5.32. The Kier molecular flexibility index (Phi) is 7.86. The summed E-state index contributed by atoms with van der Waals surface area (Å²) in [5, 5.41) is 15.0. The van der Waals surface area contributed by atoms with Crippen molar-refractivity contribution in [1.82, 2.24) is 30.3 Å². The standard InChI is InChI=1S/C21H33N7O/c1-4-27-16-25-26-20(27)15-24-21(22-2)23-14-19(28-12-6-5-7-13-28)17-8-10-18(29-3)11-9-17/h8-11,16,19H,4-7,12-15H2,1-3H3,(H2,22,23,24). The number of methoxy groups -OCH3 is 1. The summed E-state index contributed by atoms with van der Waals surface area (Å²) in [5.41, 5.74) is 1.29. The molecule has 2 aromatic rings.